The number of nitrogens with zero attached hydrogens (tertiary/aromatic N) is 3. The Bertz CT molecular complexity index is 288. The maximum atomic E-state index is 3.99. The van der Waals surface area contributed by atoms with Crippen LogP contribution in [0.2, 0.25) is 0 Å². The molecule has 0 aromatic heterocycles. The fourth-order valence-corrected chi connectivity index (χ4v) is 2.26. The van der Waals surface area contributed by atoms with E-state index in [1.165, 1.54) is 19.5 Å². The Morgan fingerprint density at radius 1 is 1.56 bits per heavy atom. The van der Waals surface area contributed by atoms with Crippen LogP contribution in [0.3, 0.4) is 0 Å². The first kappa shape index (κ1) is 13.0. The van der Waals surface area contributed by atoms with Gasteiger partial charge in [0.05, 0.1) is 0 Å². The van der Waals surface area contributed by atoms with Gasteiger partial charge in [-0.15, -0.1) is 0 Å². The molecule has 0 amide bonds. The fourth-order valence-electron chi connectivity index (χ4n) is 2.26. The van der Waals surface area contributed by atoms with E-state index >= 15 is 0 Å². The molecule has 0 spiro atoms. The normalized spacial score (nSPS) is 19.4. The number of hydrogen-bond acceptors (Lipinski definition) is 3. The largest absolute Gasteiger partial charge is 0.375 e. The van der Waals surface area contributed by atoms with Gasteiger partial charge in [0.15, 0.2) is 0 Å². The van der Waals surface area contributed by atoms with E-state index in [2.05, 4.69) is 49.1 Å². The Hall–Kier alpha value is -1.09. The third-order valence-electron chi connectivity index (χ3n) is 3.22. The molecular formula is C13H23N3. The van der Waals surface area contributed by atoms with Crippen molar-refractivity contribution in [1.82, 2.24) is 9.80 Å². The second kappa shape index (κ2) is 5.30. The Labute approximate surface area is 99.1 Å². The molecule has 0 unspecified atom stereocenters. The molecule has 0 atom stereocenters. The van der Waals surface area contributed by atoms with Crippen LogP contribution in [0.5, 0.6) is 0 Å². The molecule has 0 saturated carbocycles. The minimum Gasteiger partial charge on any atom is -0.375 e. The van der Waals surface area contributed by atoms with Crippen LogP contribution < -0.4 is 0 Å². The maximum Gasteiger partial charge on any atom is 0.0305 e. The van der Waals surface area contributed by atoms with E-state index in [9.17, 15) is 0 Å². The zero-order chi connectivity index (χ0) is 12.2. The van der Waals surface area contributed by atoms with Gasteiger partial charge < -0.3 is 9.80 Å². The van der Waals surface area contributed by atoms with Crippen LogP contribution in [-0.2, 0) is 0 Å². The SMILES string of the molecule is C=N/C=C\C(=C)N(C)CCC1(C)CN(C)C1. The van der Waals surface area contributed by atoms with E-state index in [0.29, 0.717) is 5.41 Å². The van der Waals surface area contributed by atoms with Crippen LogP contribution in [-0.4, -0.2) is 50.2 Å². The molecule has 1 aliphatic heterocycles. The number of rotatable bonds is 6. The summed E-state index contributed by atoms with van der Waals surface area (Å²) < 4.78 is 0. The molecule has 1 aliphatic rings. The zero-order valence-corrected chi connectivity index (χ0v) is 10.7. The summed E-state index contributed by atoms with van der Waals surface area (Å²) in [5.41, 5.74) is 1.48. The predicted molar refractivity (Wildman–Crippen MR) is 70.7 cm³/mol. The Kier molecular flexibility index (Phi) is 4.30. The highest BCUT2D eigenvalue weighted by molar-refractivity contribution is 5.27. The fraction of sp³-hybridized carbons (Fsp3) is 0.615. The van der Waals surface area contributed by atoms with E-state index in [0.717, 1.165) is 12.2 Å². The third-order valence-corrected chi connectivity index (χ3v) is 3.22. The van der Waals surface area contributed by atoms with Crippen LogP contribution in [0.25, 0.3) is 0 Å². The van der Waals surface area contributed by atoms with Crippen molar-refractivity contribution >= 4 is 6.72 Å². The van der Waals surface area contributed by atoms with Gasteiger partial charge >= 0.3 is 0 Å². The average molecular weight is 221 g/mol. The lowest BCUT2D eigenvalue weighted by Gasteiger charge is -2.47. The van der Waals surface area contributed by atoms with Gasteiger partial charge in [-0.2, -0.15) is 0 Å². The first-order valence-corrected chi connectivity index (χ1v) is 5.68. The molecule has 0 radical (unpaired) electrons. The Morgan fingerprint density at radius 3 is 2.69 bits per heavy atom. The quantitative estimate of drug-likeness (QED) is 0.504. The Morgan fingerprint density at radius 2 is 2.19 bits per heavy atom. The molecule has 1 rings (SSSR count). The summed E-state index contributed by atoms with van der Waals surface area (Å²) in [5.74, 6) is 0. The summed E-state index contributed by atoms with van der Waals surface area (Å²) in [5, 5.41) is 0. The van der Waals surface area contributed by atoms with E-state index in [4.69, 9.17) is 0 Å². The van der Waals surface area contributed by atoms with Crippen molar-refractivity contribution in [3.63, 3.8) is 0 Å². The highest BCUT2D eigenvalue weighted by Crippen LogP contribution is 2.32. The van der Waals surface area contributed by atoms with Crippen molar-refractivity contribution in [3.8, 4) is 0 Å². The van der Waals surface area contributed by atoms with E-state index in [1.54, 1.807) is 6.20 Å². The number of likely N-dealkylation sites (tertiary alicyclic amines) is 1. The van der Waals surface area contributed by atoms with Crippen molar-refractivity contribution < 1.29 is 0 Å². The third kappa shape index (κ3) is 3.49. The van der Waals surface area contributed by atoms with Crippen molar-refractivity contribution in [3.05, 3.63) is 24.6 Å². The van der Waals surface area contributed by atoms with Crippen molar-refractivity contribution in [2.75, 3.05) is 33.7 Å². The van der Waals surface area contributed by atoms with Gasteiger partial charge in [-0.1, -0.05) is 13.5 Å². The monoisotopic (exact) mass is 221 g/mol. The van der Waals surface area contributed by atoms with Crippen LogP contribution >= 0.6 is 0 Å². The minimum atomic E-state index is 0.490. The smallest absolute Gasteiger partial charge is 0.0305 e. The van der Waals surface area contributed by atoms with Crippen LogP contribution in [0.4, 0.5) is 0 Å². The molecule has 3 nitrogen and oxygen atoms in total. The molecule has 1 saturated heterocycles. The Balaban J connectivity index is 2.29. The van der Waals surface area contributed by atoms with Crippen LogP contribution in [0, 0.1) is 5.41 Å². The van der Waals surface area contributed by atoms with Gasteiger partial charge in [0.2, 0.25) is 0 Å². The predicted octanol–water partition coefficient (Wildman–Crippen LogP) is 1.99. The lowest BCUT2D eigenvalue weighted by molar-refractivity contribution is 0.0268. The lowest BCUT2D eigenvalue weighted by atomic mass is 9.79. The van der Waals surface area contributed by atoms with E-state index in [-0.39, 0.29) is 0 Å². The van der Waals surface area contributed by atoms with Crippen molar-refractivity contribution in [2.24, 2.45) is 10.4 Å². The second-order valence-corrected chi connectivity index (χ2v) is 5.14. The summed E-state index contributed by atoms with van der Waals surface area (Å²) in [6.45, 7) is 13.2. The minimum absolute atomic E-state index is 0.490. The number of aliphatic imine (C=N–C) groups is 1. The lowest BCUT2D eigenvalue weighted by Crippen LogP contribution is -2.53. The van der Waals surface area contributed by atoms with Gasteiger partial charge in [-0.05, 0) is 31.7 Å². The van der Waals surface area contributed by atoms with Gasteiger partial charge in [-0.3, -0.25) is 4.99 Å². The zero-order valence-electron chi connectivity index (χ0n) is 10.7. The highest BCUT2D eigenvalue weighted by atomic mass is 15.2. The van der Waals surface area contributed by atoms with Crippen molar-refractivity contribution in [1.29, 1.82) is 0 Å². The molecule has 16 heavy (non-hydrogen) atoms. The first-order valence-electron chi connectivity index (χ1n) is 5.68. The first-order chi connectivity index (χ1) is 7.47. The standard InChI is InChI=1S/C13H23N3/c1-12(6-8-14-3)16(5)9-7-13(2)10-15(4)11-13/h6,8H,1,3,7,9-11H2,2,4-5H3/b8-6-. The molecule has 0 aliphatic carbocycles. The molecule has 1 fully saturated rings. The summed E-state index contributed by atoms with van der Waals surface area (Å²) in [7, 11) is 4.24. The molecule has 90 valence electrons. The van der Waals surface area contributed by atoms with Gasteiger partial charge in [-0.25, -0.2) is 0 Å². The molecule has 0 N–H and O–H groups in total. The summed E-state index contributed by atoms with van der Waals surface area (Å²) in [4.78, 5) is 8.21. The average Bonchev–Trinajstić information content (AvgIpc) is 2.20. The van der Waals surface area contributed by atoms with Gasteiger partial charge in [0.25, 0.3) is 0 Å². The molecule has 0 aromatic carbocycles. The topological polar surface area (TPSA) is 18.8 Å². The molecule has 0 bridgehead atoms. The number of allylic oxidation sites excluding steroid dienone is 1. The van der Waals surface area contributed by atoms with E-state index in [1.807, 2.05) is 6.08 Å². The molecule has 3 heteroatoms. The van der Waals surface area contributed by atoms with Crippen LogP contribution in [0.15, 0.2) is 29.5 Å². The summed E-state index contributed by atoms with van der Waals surface area (Å²) in [6.07, 6.45) is 4.78. The number of hydrogen-bond donors (Lipinski definition) is 0. The summed E-state index contributed by atoms with van der Waals surface area (Å²) in [6, 6.07) is 0. The van der Waals surface area contributed by atoms with Gasteiger partial charge in [0, 0.05) is 38.6 Å². The summed E-state index contributed by atoms with van der Waals surface area (Å²) >= 11 is 0. The molecular weight excluding hydrogens is 198 g/mol. The highest BCUT2D eigenvalue weighted by Gasteiger charge is 2.35. The molecule has 0 aromatic rings. The van der Waals surface area contributed by atoms with Gasteiger partial charge in [0.1, 0.15) is 0 Å². The molecule has 1 heterocycles. The second-order valence-electron chi connectivity index (χ2n) is 5.14. The van der Waals surface area contributed by atoms with Crippen molar-refractivity contribution in [2.45, 2.75) is 13.3 Å². The van der Waals surface area contributed by atoms with E-state index < -0.39 is 0 Å². The maximum absolute atomic E-state index is 3.99. The van der Waals surface area contributed by atoms with Crippen LogP contribution in [0.1, 0.15) is 13.3 Å². The number of likely N-dealkylation sites (N-methyl/N-ethyl adjacent to an activating group) is 1.